The zero-order valence-electron chi connectivity index (χ0n) is 11.6. The second-order valence-electron chi connectivity index (χ2n) is 4.76. The number of esters is 1. The van der Waals surface area contributed by atoms with Crippen molar-refractivity contribution in [1.82, 2.24) is 0 Å². The van der Waals surface area contributed by atoms with E-state index in [4.69, 9.17) is 9.47 Å². The topological polar surface area (TPSA) is 65.0 Å². The van der Waals surface area contributed by atoms with Gasteiger partial charge in [0.15, 0.2) is 0 Å². The van der Waals surface area contributed by atoms with Gasteiger partial charge in [-0.05, 0) is 17.5 Å². The molecule has 2 rings (SSSR count). The number of methoxy groups -OCH3 is 1. The van der Waals surface area contributed by atoms with Crippen LogP contribution in [0.2, 0.25) is 0 Å². The average molecular weight is 280 g/mol. The molecule has 1 N–H and O–H groups in total. The molecule has 2 unspecified atom stereocenters. The van der Waals surface area contributed by atoms with E-state index in [-0.39, 0.29) is 31.6 Å². The molecule has 110 valence electrons. The standard InChI is InChI=1S/C15H20O5/c1-18-15(17)7-6-11-4-2-3-5-12(11)8-13-14(9-16)20-10-19-13/h2-5,13-14,16H,6-10H2,1H3. The number of aliphatic hydroxyl groups excluding tert-OH is 1. The lowest BCUT2D eigenvalue weighted by Crippen LogP contribution is -2.28. The molecule has 1 heterocycles. The molecule has 20 heavy (non-hydrogen) atoms. The van der Waals surface area contributed by atoms with Gasteiger partial charge in [0.2, 0.25) is 0 Å². The number of benzene rings is 1. The molecule has 0 spiro atoms. The molecular formula is C15H20O5. The van der Waals surface area contributed by atoms with Crippen LogP contribution in [0.15, 0.2) is 24.3 Å². The van der Waals surface area contributed by atoms with Gasteiger partial charge in [0.05, 0.1) is 19.8 Å². The SMILES string of the molecule is COC(=O)CCc1ccccc1CC1OCOC1CO. The number of aliphatic hydroxyl groups is 1. The Morgan fingerprint density at radius 1 is 1.30 bits per heavy atom. The van der Waals surface area contributed by atoms with Crippen molar-refractivity contribution in [1.29, 1.82) is 0 Å². The van der Waals surface area contributed by atoms with E-state index in [1.54, 1.807) is 0 Å². The number of carbonyl (C=O) groups is 1. The normalized spacial score (nSPS) is 21.9. The molecule has 1 aliphatic heterocycles. The first-order chi connectivity index (χ1) is 9.74. The highest BCUT2D eigenvalue weighted by molar-refractivity contribution is 5.69. The lowest BCUT2D eigenvalue weighted by Gasteiger charge is -2.16. The summed E-state index contributed by atoms with van der Waals surface area (Å²) in [6.45, 7) is 0.176. The summed E-state index contributed by atoms with van der Waals surface area (Å²) in [6, 6.07) is 7.93. The van der Waals surface area contributed by atoms with E-state index in [0.29, 0.717) is 19.3 Å². The first-order valence-corrected chi connectivity index (χ1v) is 6.72. The zero-order valence-corrected chi connectivity index (χ0v) is 11.6. The molecule has 0 aliphatic carbocycles. The molecule has 5 heteroatoms. The maximum absolute atomic E-state index is 11.2. The predicted molar refractivity (Wildman–Crippen MR) is 72.2 cm³/mol. The lowest BCUT2D eigenvalue weighted by molar-refractivity contribution is -0.140. The highest BCUT2D eigenvalue weighted by Crippen LogP contribution is 2.20. The van der Waals surface area contributed by atoms with Crippen molar-refractivity contribution in [2.24, 2.45) is 0 Å². The van der Waals surface area contributed by atoms with E-state index in [2.05, 4.69) is 4.74 Å². The second kappa shape index (κ2) is 7.38. The first-order valence-electron chi connectivity index (χ1n) is 6.72. The smallest absolute Gasteiger partial charge is 0.305 e. The molecule has 0 aromatic heterocycles. The van der Waals surface area contributed by atoms with E-state index in [9.17, 15) is 9.90 Å². The van der Waals surface area contributed by atoms with Crippen molar-refractivity contribution in [2.75, 3.05) is 20.5 Å². The van der Waals surface area contributed by atoms with Crippen LogP contribution in [0.3, 0.4) is 0 Å². The van der Waals surface area contributed by atoms with E-state index in [0.717, 1.165) is 11.1 Å². The van der Waals surface area contributed by atoms with Crippen LogP contribution >= 0.6 is 0 Å². The van der Waals surface area contributed by atoms with Crippen LogP contribution in [0.1, 0.15) is 17.5 Å². The van der Waals surface area contributed by atoms with Crippen molar-refractivity contribution >= 4 is 5.97 Å². The number of ether oxygens (including phenoxy) is 3. The first kappa shape index (κ1) is 15.0. The molecular weight excluding hydrogens is 260 g/mol. The zero-order chi connectivity index (χ0) is 14.4. The Labute approximate surface area is 118 Å². The molecule has 1 aromatic carbocycles. The fraction of sp³-hybridized carbons (Fsp3) is 0.533. The van der Waals surface area contributed by atoms with Crippen LogP contribution in [-0.2, 0) is 31.8 Å². The third-order valence-corrected chi connectivity index (χ3v) is 3.52. The summed E-state index contributed by atoms with van der Waals surface area (Å²) in [5, 5.41) is 9.23. The Bertz CT molecular complexity index is 446. The van der Waals surface area contributed by atoms with Crippen molar-refractivity contribution in [3.8, 4) is 0 Å². The van der Waals surface area contributed by atoms with Gasteiger partial charge < -0.3 is 19.3 Å². The Morgan fingerprint density at radius 2 is 2.00 bits per heavy atom. The van der Waals surface area contributed by atoms with E-state index in [1.807, 2.05) is 24.3 Å². The predicted octanol–water partition coefficient (Wildman–Crippen LogP) is 1.07. The van der Waals surface area contributed by atoms with Gasteiger partial charge in [0.1, 0.15) is 12.9 Å². The van der Waals surface area contributed by atoms with Crippen LogP contribution in [0, 0.1) is 0 Å². The summed E-state index contributed by atoms with van der Waals surface area (Å²) in [5.74, 6) is -0.214. The van der Waals surface area contributed by atoms with Crippen molar-refractivity contribution in [3.63, 3.8) is 0 Å². The number of hydrogen-bond donors (Lipinski definition) is 1. The molecule has 0 radical (unpaired) electrons. The minimum absolute atomic E-state index is 0.0466. The van der Waals surface area contributed by atoms with Crippen LogP contribution < -0.4 is 0 Å². The molecule has 1 saturated heterocycles. The van der Waals surface area contributed by atoms with Gasteiger partial charge in [-0.2, -0.15) is 0 Å². The van der Waals surface area contributed by atoms with Crippen molar-refractivity contribution < 1.29 is 24.1 Å². The quantitative estimate of drug-likeness (QED) is 0.790. The van der Waals surface area contributed by atoms with Gasteiger partial charge in [-0.25, -0.2) is 0 Å². The second-order valence-corrected chi connectivity index (χ2v) is 4.76. The molecule has 5 nitrogen and oxygen atoms in total. The Hall–Kier alpha value is -1.43. The minimum atomic E-state index is -0.274. The summed E-state index contributed by atoms with van der Waals surface area (Å²) in [4.78, 5) is 11.2. The van der Waals surface area contributed by atoms with E-state index in [1.165, 1.54) is 7.11 Å². The molecule has 1 aliphatic rings. The molecule has 0 bridgehead atoms. The fourth-order valence-electron chi connectivity index (χ4n) is 2.35. The number of aryl methyl sites for hydroxylation is 1. The van der Waals surface area contributed by atoms with Gasteiger partial charge in [0.25, 0.3) is 0 Å². The average Bonchev–Trinajstić information content (AvgIpc) is 2.93. The maximum atomic E-state index is 11.2. The Morgan fingerprint density at radius 3 is 2.70 bits per heavy atom. The monoisotopic (exact) mass is 280 g/mol. The highest BCUT2D eigenvalue weighted by Gasteiger charge is 2.29. The van der Waals surface area contributed by atoms with E-state index < -0.39 is 0 Å². The largest absolute Gasteiger partial charge is 0.469 e. The van der Waals surface area contributed by atoms with Gasteiger partial charge in [-0.15, -0.1) is 0 Å². The molecule has 1 fully saturated rings. The third-order valence-electron chi connectivity index (χ3n) is 3.52. The summed E-state index contributed by atoms with van der Waals surface area (Å²) in [6.07, 6.45) is 1.25. The fourth-order valence-corrected chi connectivity index (χ4v) is 2.35. The molecule has 0 saturated carbocycles. The van der Waals surface area contributed by atoms with Gasteiger partial charge in [-0.3, -0.25) is 4.79 Å². The summed E-state index contributed by atoms with van der Waals surface area (Å²) < 4.78 is 15.4. The summed E-state index contributed by atoms with van der Waals surface area (Å²) >= 11 is 0. The summed E-state index contributed by atoms with van der Waals surface area (Å²) in [7, 11) is 1.39. The minimum Gasteiger partial charge on any atom is -0.469 e. The van der Waals surface area contributed by atoms with Gasteiger partial charge in [-0.1, -0.05) is 24.3 Å². The number of hydrogen-bond acceptors (Lipinski definition) is 5. The molecule has 1 aromatic rings. The highest BCUT2D eigenvalue weighted by atomic mass is 16.7. The molecule has 2 atom stereocenters. The Kier molecular flexibility index (Phi) is 5.52. The molecule has 0 amide bonds. The van der Waals surface area contributed by atoms with Crippen LogP contribution in [0.25, 0.3) is 0 Å². The van der Waals surface area contributed by atoms with Crippen molar-refractivity contribution in [3.05, 3.63) is 35.4 Å². The van der Waals surface area contributed by atoms with Gasteiger partial charge in [0, 0.05) is 12.8 Å². The Balaban J connectivity index is 2.02. The third kappa shape index (κ3) is 3.79. The number of carbonyl (C=O) groups excluding carboxylic acids is 1. The van der Waals surface area contributed by atoms with Crippen LogP contribution in [0.4, 0.5) is 0 Å². The van der Waals surface area contributed by atoms with Crippen LogP contribution in [0.5, 0.6) is 0 Å². The number of rotatable bonds is 6. The van der Waals surface area contributed by atoms with Crippen molar-refractivity contribution in [2.45, 2.75) is 31.5 Å². The van der Waals surface area contributed by atoms with Gasteiger partial charge >= 0.3 is 5.97 Å². The summed E-state index contributed by atoms with van der Waals surface area (Å²) in [5.41, 5.74) is 2.22. The van der Waals surface area contributed by atoms with E-state index >= 15 is 0 Å². The van der Waals surface area contributed by atoms with Crippen LogP contribution in [-0.4, -0.2) is 43.8 Å². The maximum Gasteiger partial charge on any atom is 0.305 e. The lowest BCUT2D eigenvalue weighted by atomic mass is 9.96.